The van der Waals surface area contributed by atoms with E-state index in [9.17, 15) is 13.2 Å². The van der Waals surface area contributed by atoms with Gasteiger partial charge in [0.2, 0.25) is 10.0 Å². The van der Waals surface area contributed by atoms with Crippen molar-refractivity contribution < 1.29 is 13.2 Å². The van der Waals surface area contributed by atoms with E-state index in [0.29, 0.717) is 17.8 Å². The first kappa shape index (κ1) is 22.0. The molecule has 2 aromatic carbocycles. The average Bonchev–Trinajstić information content (AvgIpc) is 2.69. The third-order valence-corrected chi connectivity index (χ3v) is 6.92. The molecule has 0 radical (unpaired) electrons. The number of rotatable bonds is 8. The summed E-state index contributed by atoms with van der Waals surface area (Å²) < 4.78 is 25.7. The summed E-state index contributed by atoms with van der Waals surface area (Å²) in [6.45, 7) is 9.94. The highest BCUT2D eigenvalue weighted by atomic mass is 32.2. The SMILES string of the molecule is CCC(NC(=O)c1ccc(N(CC)S(=O)(=O)CC)cc1)c1ccc(C)c(C)c1. The molecule has 0 saturated carbocycles. The Morgan fingerprint density at radius 3 is 2.14 bits per heavy atom. The van der Waals surface area contributed by atoms with Crippen molar-refractivity contribution in [2.75, 3.05) is 16.6 Å². The van der Waals surface area contributed by atoms with Crippen LogP contribution in [0.4, 0.5) is 5.69 Å². The predicted octanol–water partition coefficient (Wildman–Crippen LogP) is 4.36. The topological polar surface area (TPSA) is 66.5 Å². The maximum Gasteiger partial charge on any atom is 0.251 e. The van der Waals surface area contributed by atoms with Gasteiger partial charge in [0, 0.05) is 12.1 Å². The highest BCUT2D eigenvalue weighted by molar-refractivity contribution is 7.92. The highest BCUT2D eigenvalue weighted by Crippen LogP contribution is 2.22. The minimum Gasteiger partial charge on any atom is -0.345 e. The van der Waals surface area contributed by atoms with E-state index >= 15 is 0 Å². The standard InChI is InChI=1S/C22H30N2O3S/c1-6-21(19-10-9-16(4)17(5)15-19)23-22(25)18-11-13-20(14-12-18)24(7-2)28(26,27)8-3/h9-15,21H,6-8H2,1-5H3,(H,23,25). The van der Waals surface area contributed by atoms with Crippen LogP contribution in [0.1, 0.15) is 60.3 Å². The van der Waals surface area contributed by atoms with E-state index in [4.69, 9.17) is 0 Å². The van der Waals surface area contributed by atoms with Gasteiger partial charge in [-0.05, 0) is 75.1 Å². The number of anilines is 1. The number of carbonyl (C=O) groups is 1. The molecule has 0 heterocycles. The van der Waals surface area contributed by atoms with Crippen LogP contribution in [0.2, 0.25) is 0 Å². The molecule has 152 valence electrons. The summed E-state index contributed by atoms with van der Waals surface area (Å²) in [6.07, 6.45) is 0.782. The van der Waals surface area contributed by atoms with E-state index in [-0.39, 0.29) is 17.7 Å². The van der Waals surface area contributed by atoms with Gasteiger partial charge in [-0.25, -0.2) is 8.42 Å². The number of amides is 1. The summed E-state index contributed by atoms with van der Waals surface area (Å²) in [4.78, 5) is 12.7. The maximum atomic E-state index is 12.7. The number of nitrogens with one attached hydrogen (secondary N) is 1. The molecule has 6 heteroatoms. The molecule has 1 N–H and O–H groups in total. The molecule has 0 aliphatic carbocycles. The first-order valence-electron chi connectivity index (χ1n) is 9.71. The molecule has 0 spiro atoms. The number of nitrogens with zero attached hydrogens (tertiary/aromatic N) is 1. The van der Waals surface area contributed by atoms with Gasteiger partial charge in [0.25, 0.3) is 5.91 Å². The van der Waals surface area contributed by atoms with Crippen molar-refractivity contribution in [1.82, 2.24) is 5.32 Å². The molecule has 5 nitrogen and oxygen atoms in total. The van der Waals surface area contributed by atoms with Crippen molar-refractivity contribution in [3.63, 3.8) is 0 Å². The number of hydrogen-bond donors (Lipinski definition) is 1. The Hall–Kier alpha value is -2.34. The summed E-state index contributed by atoms with van der Waals surface area (Å²) in [5.41, 5.74) is 4.59. The number of carbonyl (C=O) groups excluding carboxylic acids is 1. The van der Waals surface area contributed by atoms with E-state index in [2.05, 4.69) is 37.4 Å². The second kappa shape index (κ2) is 9.24. The van der Waals surface area contributed by atoms with Crippen LogP contribution < -0.4 is 9.62 Å². The zero-order valence-electron chi connectivity index (χ0n) is 17.3. The van der Waals surface area contributed by atoms with Crippen molar-refractivity contribution in [1.29, 1.82) is 0 Å². The lowest BCUT2D eigenvalue weighted by molar-refractivity contribution is 0.0935. The van der Waals surface area contributed by atoms with Crippen LogP contribution >= 0.6 is 0 Å². The number of sulfonamides is 1. The largest absolute Gasteiger partial charge is 0.345 e. The quantitative estimate of drug-likeness (QED) is 0.713. The van der Waals surface area contributed by atoms with Crippen LogP contribution in [0.3, 0.4) is 0 Å². The molecule has 1 amide bonds. The summed E-state index contributed by atoms with van der Waals surface area (Å²) in [6, 6.07) is 12.9. The third kappa shape index (κ3) is 4.93. The van der Waals surface area contributed by atoms with Crippen molar-refractivity contribution in [2.24, 2.45) is 0 Å². The number of aryl methyl sites for hydroxylation is 2. The molecule has 0 fully saturated rings. The van der Waals surface area contributed by atoms with Crippen LogP contribution in [0.5, 0.6) is 0 Å². The van der Waals surface area contributed by atoms with Crippen LogP contribution in [0.25, 0.3) is 0 Å². The molecule has 1 unspecified atom stereocenters. The Kier molecular flexibility index (Phi) is 7.24. The van der Waals surface area contributed by atoms with Crippen LogP contribution in [0, 0.1) is 13.8 Å². The molecule has 2 rings (SSSR count). The Labute approximate surface area is 168 Å². The fourth-order valence-electron chi connectivity index (χ4n) is 3.12. The fraction of sp³-hybridized carbons (Fsp3) is 0.409. The van der Waals surface area contributed by atoms with Gasteiger partial charge in [0.05, 0.1) is 17.5 Å². The molecule has 0 aliphatic heterocycles. The normalized spacial score (nSPS) is 12.5. The summed E-state index contributed by atoms with van der Waals surface area (Å²) in [5, 5.41) is 3.08. The minimum atomic E-state index is -3.33. The molecular weight excluding hydrogens is 372 g/mol. The first-order chi connectivity index (χ1) is 13.2. The zero-order valence-corrected chi connectivity index (χ0v) is 18.1. The van der Waals surface area contributed by atoms with Crippen molar-refractivity contribution >= 4 is 21.6 Å². The summed E-state index contributed by atoms with van der Waals surface area (Å²) in [7, 11) is -3.33. The second-order valence-corrected chi connectivity index (χ2v) is 9.07. The van der Waals surface area contributed by atoms with E-state index in [1.807, 2.05) is 6.92 Å². The van der Waals surface area contributed by atoms with Crippen LogP contribution in [-0.2, 0) is 10.0 Å². The molecule has 2 aromatic rings. The van der Waals surface area contributed by atoms with E-state index in [0.717, 1.165) is 12.0 Å². The lowest BCUT2D eigenvalue weighted by Crippen LogP contribution is -2.32. The van der Waals surface area contributed by atoms with Gasteiger partial charge in [-0.3, -0.25) is 9.10 Å². The molecule has 0 bridgehead atoms. The molecule has 1 atom stereocenters. The Balaban J connectivity index is 2.18. The van der Waals surface area contributed by atoms with Crippen LogP contribution in [-0.4, -0.2) is 26.6 Å². The van der Waals surface area contributed by atoms with Gasteiger partial charge < -0.3 is 5.32 Å². The molecule has 0 saturated heterocycles. The summed E-state index contributed by atoms with van der Waals surface area (Å²) in [5.74, 6) is -0.130. The maximum absolute atomic E-state index is 12.7. The highest BCUT2D eigenvalue weighted by Gasteiger charge is 2.19. The van der Waals surface area contributed by atoms with Gasteiger partial charge >= 0.3 is 0 Å². The van der Waals surface area contributed by atoms with Crippen molar-refractivity contribution in [3.8, 4) is 0 Å². The van der Waals surface area contributed by atoms with Gasteiger partial charge in [-0.1, -0.05) is 25.1 Å². The van der Waals surface area contributed by atoms with E-state index < -0.39 is 10.0 Å². The Morgan fingerprint density at radius 1 is 1.00 bits per heavy atom. The van der Waals surface area contributed by atoms with E-state index in [1.54, 1.807) is 38.1 Å². The van der Waals surface area contributed by atoms with Gasteiger partial charge in [0.1, 0.15) is 0 Å². The summed E-state index contributed by atoms with van der Waals surface area (Å²) >= 11 is 0. The van der Waals surface area contributed by atoms with Crippen LogP contribution in [0.15, 0.2) is 42.5 Å². The van der Waals surface area contributed by atoms with Crippen molar-refractivity contribution in [3.05, 3.63) is 64.7 Å². The lowest BCUT2D eigenvalue weighted by atomic mass is 9.99. The molecule has 28 heavy (non-hydrogen) atoms. The number of hydrogen-bond acceptors (Lipinski definition) is 3. The zero-order chi connectivity index (χ0) is 20.9. The first-order valence-corrected chi connectivity index (χ1v) is 11.3. The minimum absolute atomic E-state index is 0.0389. The molecule has 0 aliphatic rings. The predicted molar refractivity (Wildman–Crippen MR) is 115 cm³/mol. The van der Waals surface area contributed by atoms with Crippen molar-refractivity contribution in [2.45, 2.75) is 47.1 Å². The van der Waals surface area contributed by atoms with Gasteiger partial charge in [-0.2, -0.15) is 0 Å². The average molecular weight is 403 g/mol. The lowest BCUT2D eigenvalue weighted by Gasteiger charge is -2.22. The Bertz CT molecular complexity index is 921. The third-order valence-electron chi connectivity index (χ3n) is 5.05. The fourth-order valence-corrected chi connectivity index (χ4v) is 4.27. The van der Waals surface area contributed by atoms with E-state index in [1.165, 1.54) is 15.4 Å². The smallest absolute Gasteiger partial charge is 0.251 e. The van der Waals surface area contributed by atoms with Gasteiger partial charge in [-0.15, -0.1) is 0 Å². The number of benzene rings is 2. The molecular formula is C22H30N2O3S. The van der Waals surface area contributed by atoms with Gasteiger partial charge in [0.15, 0.2) is 0 Å². The Morgan fingerprint density at radius 2 is 1.64 bits per heavy atom. The monoisotopic (exact) mass is 402 g/mol. The molecule has 0 aromatic heterocycles. The second-order valence-electron chi connectivity index (χ2n) is 6.89.